The first-order valence-corrected chi connectivity index (χ1v) is 8.15. The molecule has 1 fully saturated rings. The maximum absolute atomic E-state index is 12.1. The first-order chi connectivity index (χ1) is 7.83. The lowest BCUT2D eigenvalue weighted by Crippen LogP contribution is -2.36. The largest absolute Gasteiger partial charge is 0.313 e. The van der Waals surface area contributed by atoms with Gasteiger partial charge in [0, 0.05) is 25.7 Å². The van der Waals surface area contributed by atoms with Gasteiger partial charge in [0.15, 0.2) is 0 Å². The molecule has 1 atom stereocenters. The van der Waals surface area contributed by atoms with E-state index in [-0.39, 0.29) is 5.75 Å². The Morgan fingerprint density at radius 2 is 1.94 bits per heavy atom. The van der Waals surface area contributed by atoms with Crippen LogP contribution in [0.5, 0.6) is 0 Å². The van der Waals surface area contributed by atoms with Gasteiger partial charge in [-0.1, -0.05) is 27.7 Å². The lowest BCUT2D eigenvalue weighted by molar-refractivity contribution is 0.388. The molecule has 0 bridgehead atoms. The van der Waals surface area contributed by atoms with Crippen LogP contribution in [0.25, 0.3) is 0 Å². The zero-order chi connectivity index (χ0) is 13.1. The predicted molar refractivity (Wildman–Crippen MR) is 71.4 cm³/mol. The van der Waals surface area contributed by atoms with Crippen molar-refractivity contribution in [3.05, 3.63) is 0 Å². The van der Waals surface area contributed by atoms with E-state index in [1.165, 1.54) is 0 Å². The summed E-state index contributed by atoms with van der Waals surface area (Å²) in [7, 11) is -3.05. The number of hydrogen-bond acceptors (Lipinski definition) is 3. The van der Waals surface area contributed by atoms with Crippen molar-refractivity contribution in [2.24, 2.45) is 11.8 Å². The molecule has 1 heterocycles. The van der Waals surface area contributed by atoms with Crippen LogP contribution in [0.3, 0.4) is 0 Å². The molecule has 0 aromatic carbocycles. The van der Waals surface area contributed by atoms with E-state index >= 15 is 0 Å². The van der Waals surface area contributed by atoms with Crippen LogP contribution >= 0.6 is 0 Å². The first-order valence-electron chi connectivity index (χ1n) is 6.54. The third kappa shape index (κ3) is 4.56. The molecule has 0 saturated carbocycles. The van der Waals surface area contributed by atoms with Crippen molar-refractivity contribution in [3.63, 3.8) is 0 Å². The highest BCUT2D eigenvalue weighted by Crippen LogP contribution is 2.25. The fourth-order valence-electron chi connectivity index (χ4n) is 2.16. The summed E-state index contributed by atoms with van der Waals surface area (Å²) in [6, 6.07) is 0.340. The first kappa shape index (κ1) is 14.9. The number of nitrogens with one attached hydrogen (secondary N) is 1. The van der Waals surface area contributed by atoms with E-state index in [1.807, 2.05) is 13.8 Å². The van der Waals surface area contributed by atoms with Crippen LogP contribution in [0.4, 0.5) is 0 Å². The van der Waals surface area contributed by atoms with Crippen molar-refractivity contribution in [2.45, 2.75) is 40.2 Å². The number of nitrogens with zero attached hydrogens (tertiary/aromatic N) is 1. The summed E-state index contributed by atoms with van der Waals surface area (Å²) in [5, 5.41) is 3.15. The molecule has 0 aliphatic carbocycles. The molecule has 0 aromatic heterocycles. The molecule has 102 valence electrons. The van der Waals surface area contributed by atoms with Gasteiger partial charge in [0.1, 0.15) is 0 Å². The van der Waals surface area contributed by atoms with Crippen LogP contribution in [0, 0.1) is 11.8 Å². The number of sulfonamides is 1. The van der Waals surface area contributed by atoms with Gasteiger partial charge in [-0.25, -0.2) is 12.7 Å². The molecule has 17 heavy (non-hydrogen) atoms. The van der Waals surface area contributed by atoms with Gasteiger partial charge in [-0.3, -0.25) is 0 Å². The summed E-state index contributed by atoms with van der Waals surface area (Å²) in [5.41, 5.74) is 0. The SMILES string of the molecule is CC(C)NCCS(=O)(=O)N1CCC(C(C)C)C1. The number of hydrogen-bond donors (Lipinski definition) is 1. The van der Waals surface area contributed by atoms with Crippen molar-refractivity contribution < 1.29 is 8.42 Å². The summed E-state index contributed by atoms with van der Waals surface area (Å²) in [6.07, 6.45) is 1.01. The minimum atomic E-state index is -3.05. The molecule has 1 aliphatic heterocycles. The molecule has 0 radical (unpaired) electrons. The maximum Gasteiger partial charge on any atom is 0.215 e. The molecule has 0 amide bonds. The number of rotatable bonds is 6. The normalized spacial score (nSPS) is 22.8. The zero-order valence-electron chi connectivity index (χ0n) is 11.4. The average Bonchev–Trinajstić information content (AvgIpc) is 2.65. The van der Waals surface area contributed by atoms with Crippen LogP contribution in [0.2, 0.25) is 0 Å². The fraction of sp³-hybridized carbons (Fsp3) is 1.00. The summed E-state index contributed by atoms with van der Waals surface area (Å²) < 4.78 is 25.8. The second-order valence-corrected chi connectivity index (χ2v) is 7.66. The Kier molecular flexibility index (Phi) is 5.41. The molecule has 0 spiro atoms. The summed E-state index contributed by atoms with van der Waals surface area (Å²) in [5.74, 6) is 1.32. The molecule has 5 heteroatoms. The van der Waals surface area contributed by atoms with Gasteiger partial charge < -0.3 is 5.32 Å². The van der Waals surface area contributed by atoms with Gasteiger partial charge in [-0.15, -0.1) is 0 Å². The van der Waals surface area contributed by atoms with Crippen LogP contribution in [-0.4, -0.2) is 44.2 Å². The molecular formula is C12H26N2O2S. The van der Waals surface area contributed by atoms with Gasteiger partial charge in [-0.05, 0) is 18.3 Å². The molecule has 0 aromatic rings. The molecule has 1 N–H and O–H groups in total. The summed E-state index contributed by atoms with van der Waals surface area (Å²) in [6.45, 7) is 10.3. The van der Waals surface area contributed by atoms with E-state index < -0.39 is 10.0 Å². The van der Waals surface area contributed by atoms with Crippen molar-refractivity contribution in [1.82, 2.24) is 9.62 Å². The van der Waals surface area contributed by atoms with E-state index in [0.717, 1.165) is 6.42 Å². The molecule has 1 aliphatic rings. The Morgan fingerprint density at radius 3 is 2.41 bits per heavy atom. The second-order valence-electron chi connectivity index (χ2n) is 5.58. The van der Waals surface area contributed by atoms with Gasteiger partial charge in [0.25, 0.3) is 0 Å². The average molecular weight is 262 g/mol. The minimum absolute atomic E-state index is 0.218. The Morgan fingerprint density at radius 1 is 1.29 bits per heavy atom. The van der Waals surface area contributed by atoms with Crippen molar-refractivity contribution in [3.8, 4) is 0 Å². The van der Waals surface area contributed by atoms with Crippen molar-refractivity contribution in [1.29, 1.82) is 0 Å². The summed E-state index contributed by atoms with van der Waals surface area (Å²) in [4.78, 5) is 0. The quantitative estimate of drug-likeness (QED) is 0.785. The standard InChI is InChI=1S/C12H26N2O2S/c1-10(2)12-5-7-14(9-12)17(15,16)8-6-13-11(3)4/h10-13H,5-9H2,1-4H3. The highest BCUT2D eigenvalue weighted by Gasteiger charge is 2.32. The molecule has 1 saturated heterocycles. The van der Waals surface area contributed by atoms with Crippen LogP contribution in [-0.2, 0) is 10.0 Å². The van der Waals surface area contributed by atoms with Crippen molar-refractivity contribution >= 4 is 10.0 Å². The Bertz CT molecular complexity index is 325. The smallest absolute Gasteiger partial charge is 0.215 e. The molecule has 1 rings (SSSR count). The van der Waals surface area contributed by atoms with E-state index in [1.54, 1.807) is 4.31 Å². The molecular weight excluding hydrogens is 236 g/mol. The Labute approximate surface area is 106 Å². The van der Waals surface area contributed by atoms with Gasteiger partial charge in [-0.2, -0.15) is 0 Å². The van der Waals surface area contributed by atoms with Gasteiger partial charge in [0.05, 0.1) is 5.75 Å². The van der Waals surface area contributed by atoms with E-state index in [4.69, 9.17) is 0 Å². The van der Waals surface area contributed by atoms with Gasteiger partial charge in [0.2, 0.25) is 10.0 Å². The van der Waals surface area contributed by atoms with E-state index in [2.05, 4.69) is 19.2 Å². The maximum atomic E-state index is 12.1. The predicted octanol–water partition coefficient (Wildman–Crippen LogP) is 1.29. The monoisotopic (exact) mass is 262 g/mol. The molecule has 4 nitrogen and oxygen atoms in total. The lowest BCUT2D eigenvalue weighted by Gasteiger charge is -2.18. The lowest BCUT2D eigenvalue weighted by atomic mass is 9.96. The Balaban J connectivity index is 2.44. The third-order valence-electron chi connectivity index (χ3n) is 3.44. The van der Waals surface area contributed by atoms with Crippen LogP contribution < -0.4 is 5.32 Å². The highest BCUT2D eigenvalue weighted by molar-refractivity contribution is 7.89. The van der Waals surface area contributed by atoms with Crippen LogP contribution in [0.15, 0.2) is 0 Å². The van der Waals surface area contributed by atoms with Gasteiger partial charge >= 0.3 is 0 Å². The zero-order valence-corrected chi connectivity index (χ0v) is 12.3. The van der Waals surface area contributed by atoms with E-state index in [9.17, 15) is 8.42 Å². The van der Waals surface area contributed by atoms with Crippen LogP contribution in [0.1, 0.15) is 34.1 Å². The molecule has 1 unspecified atom stereocenters. The second kappa shape index (κ2) is 6.16. The third-order valence-corrected chi connectivity index (χ3v) is 5.27. The topological polar surface area (TPSA) is 49.4 Å². The van der Waals surface area contributed by atoms with Crippen molar-refractivity contribution in [2.75, 3.05) is 25.4 Å². The fourth-order valence-corrected chi connectivity index (χ4v) is 3.59. The highest BCUT2D eigenvalue weighted by atomic mass is 32.2. The van der Waals surface area contributed by atoms with E-state index in [0.29, 0.717) is 37.5 Å². The Hall–Kier alpha value is -0.130. The summed E-state index contributed by atoms with van der Waals surface area (Å²) >= 11 is 0. The minimum Gasteiger partial charge on any atom is -0.313 e.